The molecule has 0 aromatic carbocycles. The third-order valence-corrected chi connectivity index (χ3v) is 2.57. The molecule has 1 atom stereocenters. The predicted molar refractivity (Wildman–Crippen MR) is 47.5 cm³/mol. The molecule has 11 heavy (non-hydrogen) atoms. The molecule has 0 aromatic heterocycles. The summed E-state index contributed by atoms with van der Waals surface area (Å²) < 4.78 is 0. The molecular formula is C10H18O. The first-order valence-electron chi connectivity index (χ1n) is 4.58. The van der Waals surface area contributed by atoms with Crippen LogP contribution >= 0.6 is 0 Å². The Labute approximate surface area is 69.1 Å². The molecule has 0 spiro atoms. The fourth-order valence-corrected chi connectivity index (χ4v) is 1.67. The van der Waals surface area contributed by atoms with Gasteiger partial charge in [0.1, 0.15) is 0 Å². The predicted octanol–water partition coefficient (Wildman–Crippen LogP) is 3.27. The number of aliphatic hydroxyl groups is 1. The molecule has 0 saturated heterocycles. The zero-order chi connectivity index (χ0) is 8.27. The lowest BCUT2D eigenvalue weighted by Gasteiger charge is -2.17. The lowest BCUT2D eigenvalue weighted by Crippen LogP contribution is -2.08. The molecule has 1 rings (SSSR count). The first kappa shape index (κ1) is 8.63. The maximum atomic E-state index is 9.37. The molecule has 1 aliphatic carbocycles. The van der Waals surface area contributed by atoms with Crippen LogP contribution in [0.3, 0.4) is 0 Å². The first-order chi connectivity index (χ1) is 5.20. The van der Waals surface area contributed by atoms with Crippen LogP contribution in [0.4, 0.5) is 0 Å². The minimum absolute atomic E-state index is 0.612. The minimum Gasteiger partial charge on any atom is -0.513 e. The van der Waals surface area contributed by atoms with E-state index in [0.717, 1.165) is 12.8 Å². The third kappa shape index (κ3) is 2.57. The number of rotatable bonds is 1. The van der Waals surface area contributed by atoms with Crippen LogP contribution in [0.25, 0.3) is 0 Å². The normalized spacial score (nSPS) is 26.5. The van der Waals surface area contributed by atoms with Crippen LogP contribution < -0.4 is 0 Å². The molecule has 1 aliphatic rings. The van der Waals surface area contributed by atoms with Crippen LogP contribution in [0.15, 0.2) is 11.8 Å². The van der Waals surface area contributed by atoms with E-state index in [1.165, 1.54) is 12.8 Å². The highest BCUT2D eigenvalue weighted by Crippen LogP contribution is 2.27. The Hall–Kier alpha value is -0.460. The maximum Gasteiger partial charge on any atom is 0.0885 e. The van der Waals surface area contributed by atoms with E-state index < -0.39 is 0 Å². The molecule has 1 unspecified atom stereocenters. The van der Waals surface area contributed by atoms with E-state index in [9.17, 15) is 5.11 Å². The van der Waals surface area contributed by atoms with Crippen LogP contribution in [0, 0.1) is 11.8 Å². The van der Waals surface area contributed by atoms with Crippen molar-refractivity contribution in [2.24, 2.45) is 11.8 Å². The molecule has 0 radical (unpaired) electrons. The topological polar surface area (TPSA) is 20.2 Å². The van der Waals surface area contributed by atoms with Crippen molar-refractivity contribution in [3.05, 3.63) is 11.8 Å². The number of aliphatic hydroxyl groups excluding tert-OH is 1. The van der Waals surface area contributed by atoms with Gasteiger partial charge in [0.25, 0.3) is 0 Å². The van der Waals surface area contributed by atoms with Gasteiger partial charge in [-0.15, -0.1) is 0 Å². The lowest BCUT2D eigenvalue weighted by atomic mass is 9.89. The van der Waals surface area contributed by atoms with Gasteiger partial charge in [0.05, 0.1) is 5.76 Å². The van der Waals surface area contributed by atoms with Gasteiger partial charge in [-0.1, -0.05) is 13.8 Å². The number of hydrogen-bond donors (Lipinski definition) is 1. The Balaban J connectivity index is 2.49. The van der Waals surface area contributed by atoms with E-state index in [1.54, 1.807) is 0 Å². The Morgan fingerprint density at radius 1 is 1.55 bits per heavy atom. The molecule has 1 nitrogen and oxygen atoms in total. The Kier molecular flexibility index (Phi) is 2.98. The van der Waals surface area contributed by atoms with Gasteiger partial charge in [-0.3, -0.25) is 0 Å². The van der Waals surface area contributed by atoms with E-state index in [0.29, 0.717) is 17.6 Å². The highest BCUT2D eigenvalue weighted by atomic mass is 16.3. The molecule has 0 saturated carbocycles. The van der Waals surface area contributed by atoms with Crippen molar-refractivity contribution in [1.29, 1.82) is 0 Å². The van der Waals surface area contributed by atoms with Gasteiger partial charge in [-0.05, 0) is 37.2 Å². The van der Waals surface area contributed by atoms with Gasteiger partial charge in [-0.25, -0.2) is 0 Å². The van der Waals surface area contributed by atoms with Crippen LogP contribution in [0.2, 0.25) is 0 Å². The quantitative estimate of drug-likeness (QED) is 0.614. The van der Waals surface area contributed by atoms with Gasteiger partial charge in [0, 0.05) is 6.42 Å². The van der Waals surface area contributed by atoms with Gasteiger partial charge < -0.3 is 5.11 Å². The number of hydrogen-bond acceptors (Lipinski definition) is 1. The van der Waals surface area contributed by atoms with E-state index >= 15 is 0 Å². The molecular weight excluding hydrogens is 136 g/mol. The van der Waals surface area contributed by atoms with Crippen molar-refractivity contribution in [2.45, 2.75) is 39.5 Å². The van der Waals surface area contributed by atoms with Crippen molar-refractivity contribution < 1.29 is 5.11 Å². The van der Waals surface area contributed by atoms with Gasteiger partial charge in [0.2, 0.25) is 0 Å². The Bertz CT molecular complexity index is 147. The molecule has 0 aliphatic heterocycles. The van der Waals surface area contributed by atoms with E-state index in [-0.39, 0.29) is 0 Å². The monoisotopic (exact) mass is 154 g/mol. The lowest BCUT2D eigenvalue weighted by molar-refractivity contribution is 0.297. The summed E-state index contributed by atoms with van der Waals surface area (Å²) in [5, 5.41) is 9.37. The van der Waals surface area contributed by atoms with Gasteiger partial charge in [0.15, 0.2) is 0 Å². The van der Waals surface area contributed by atoms with E-state index in [4.69, 9.17) is 0 Å². The van der Waals surface area contributed by atoms with E-state index in [1.807, 2.05) is 6.08 Å². The van der Waals surface area contributed by atoms with Crippen LogP contribution in [0.5, 0.6) is 0 Å². The average Bonchev–Trinajstić information content (AvgIpc) is 2.13. The summed E-state index contributed by atoms with van der Waals surface area (Å²) in [6.07, 6.45) is 6.46. The van der Waals surface area contributed by atoms with E-state index in [2.05, 4.69) is 13.8 Å². The first-order valence-corrected chi connectivity index (χ1v) is 4.58. The van der Waals surface area contributed by atoms with Crippen molar-refractivity contribution in [2.75, 3.05) is 0 Å². The Morgan fingerprint density at radius 2 is 2.27 bits per heavy atom. The van der Waals surface area contributed by atoms with Crippen molar-refractivity contribution in [3.8, 4) is 0 Å². The minimum atomic E-state index is 0.612. The summed E-state index contributed by atoms with van der Waals surface area (Å²) in [7, 11) is 0. The highest BCUT2D eigenvalue weighted by Gasteiger charge is 2.16. The summed E-state index contributed by atoms with van der Waals surface area (Å²) in [5.41, 5.74) is 0. The number of allylic oxidation sites excluding steroid dienone is 2. The summed E-state index contributed by atoms with van der Waals surface area (Å²) in [5.74, 6) is 2.03. The van der Waals surface area contributed by atoms with Gasteiger partial charge in [-0.2, -0.15) is 0 Å². The van der Waals surface area contributed by atoms with Crippen LogP contribution in [-0.4, -0.2) is 5.11 Å². The second-order valence-electron chi connectivity index (χ2n) is 3.83. The fourth-order valence-electron chi connectivity index (χ4n) is 1.67. The van der Waals surface area contributed by atoms with Crippen molar-refractivity contribution in [1.82, 2.24) is 0 Å². The fraction of sp³-hybridized carbons (Fsp3) is 0.800. The molecule has 64 valence electrons. The smallest absolute Gasteiger partial charge is 0.0885 e. The molecule has 0 amide bonds. The van der Waals surface area contributed by atoms with Crippen molar-refractivity contribution >= 4 is 0 Å². The molecule has 0 heterocycles. The Morgan fingerprint density at radius 3 is 2.91 bits per heavy atom. The van der Waals surface area contributed by atoms with Crippen LogP contribution in [0.1, 0.15) is 39.5 Å². The zero-order valence-electron chi connectivity index (χ0n) is 7.51. The third-order valence-electron chi connectivity index (χ3n) is 2.57. The molecule has 0 aromatic rings. The van der Waals surface area contributed by atoms with Gasteiger partial charge >= 0.3 is 0 Å². The largest absolute Gasteiger partial charge is 0.513 e. The van der Waals surface area contributed by atoms with Crippen molar-refractivity contribution in [3.63, 3.8) is 0 Å². The maximum absolute atomic E-state index is 9.37. The standard InChI is InChI=1S/C10H18O/c1-8(2)9-5-3-4-6-10(11)7-9/h6,8-9,11H,3-5,7H2,1-2H3. The summed E-state index contributed by atoms with van der Waals surface area (Å²) in [6, 6.07) is 0. The second-order valence-corrected chi connectivity index (χ2v) is 3.83. The van der Waals surface area contributed by atoms with Crippen LogP contribution in [-0.2, 0) is 0 Å². The highest BCUT2D eigenvalue weighted by molar-refractivity contribution is 4.95. The summed E-state index contributed by atoms with van der Waals surface area (Å²) in [6.45, 7) is 4.48. The SMILES string of the molecule is CC(C)C1CCCC=C(O)C1. The average molecular weight is 154 g/mol. The molecule has 1 N–H and O–H groups in total. The summed E-state index contributed by atoms with van der Waals surface area (Å²) >= 11 is 0. The summed E-state index contributed by atoms with van der Waals surface area (Å²) in [4.78, 5) is 0. The molecule has 1 heteroatoms. The molecule has 0 bridgehead atoms. The zero-order valence-corrected chi connectivity index (χ0v) is 7.51. The molecule has 0 fully saturated rings. The second kappa shape index (κ2) is 3.80.